The molecule has 0 saturated carbocycles. The smallest absolute Gasteiger partial charge is 0.449 e. The normalized spacial score (nSPS) is 11.4. The average Bonchev–Trinajstić information content (AvgIpc) is 2.42. The summed E-state index contributed by atoms with van der Waals surface area (Å²) < 4.78 is 38.3. The van der Waals surface area contributed by atoms with Crippen molar-refractivity contribution in [2.24, 2.45) is 0 Å². The van der Waals surface area contributed by atoms with Crippen LogP contribution in [0, 0.1) is 0 Å². The zero-order chi connectivity index (χ0) is 11.6. The predicted octanol–water partition coefficient (Wildman–Crippen LogP) is 0.0519. The fourth-order valence-corrected chi connectivity index (χ4v) is 1.78. The number of aromatic nitrogens is 2. The Morgan fingerprint density at radius 3 is 2.25 bits per heavy atom. The molecule has 1 heterocycles. The molecular formula is C8H12BClF3KN2. The largest absolute Gasteiger partial charge is 1.00 e. The zero-order valence-electron chi connectivity index (χ0n) is 9.60. The minimum Gasteiger partial charge on any atom is -0.449 e. The van der Waals surface area contributed by atoms with E-state index >= 15 is 0 Å². The Bertz CT molecular complexity index is 354. The first kappa shape index (κ1) is 17.0. The molecule has 0 aliphatic carbocycles. The number of rotatable bonds is 4. The van der Waals surface area contributed by atoms with E-state index in [1.54, 1.807) is 6.92 Å². The summed E-state index contributed by atoms with van der Waals surface area (Å²) in [4.78, 5) is 0. The van der Waals surface area contributed by atoms with Gasteiger partial charge in [0.25, 0.3) is 0 Å². The van der Waals surface area contributed by atoms with Crippen molar-refractivity contribution in [1.82, 2.24) is 9.78 Å². The van der Waals surface area contributed by atoms with Gasteiger partial charge in [0.2, 0.25) is 0 Å². The van der Waals surface area contributed by atoms with Crippen LogP contribution in [-0.2, 0) is 19.3 Å². The van der Waals surface area contributed by atoms with Crippen molar-refractivity contribution in [3.63, 3.8) is 0 Å². The Labute approximate surface area is 140 Å². The van der Waals surface area contributed by atoms with Gasteiger partial charge in [0.1, 0.15) is 0 Å². The van der Waals surface area contributed by atoms with Gasteiger partial charge in [-0.25, -0.2) is 0 Å². The molecule has 8 heteroatoms. The van der Waals surface area contributed by atoms with Crippen LogP contribution in [0.4, 0.5) is 12.9 Å². The number of aryl methyl sites for hydroxylation is 2. The summed E-state index contributed by atoms with van der Waals surface area (Å²) in [7, 11) is 0. The summed E-state index contributed by atoms with van der Waals surface area (Å²) in [5.41, 5.74) is 0.622. The first-order valence-electron chi connectivity index (χ1n) is 4.84. The van der Waals surface area contributed by atoms with Crippen LogP contribution in [0.15, 0.2) is 0 Å². The zero-order valence-corrected chi connectivity index (χ0v) is 13.5. The summed E-state index contributed by atoms with van der Waals surface area (Å²) in [6.07, 6.45) is -0.413. The molecule has 1 aromatic heterocycles. The van der Waals surface area contributed by atoms with E-state index in [4.69, 9.17) is 11.6 Å². The molecule has 2 nitrogen and oxygen atoms in total. The molecule has 0 radical (unpaired) electrons. The molecule has 0 saturated heterocycles. The number of hydrogen-bond donors (Lipinski definition) is 0. The maximum Gasteiger partial charge on any atom is 1.00 e. The van der Waals surface area contributed by atoms with E-state index in [1.807, 2.05) is 6.92 Å². The third-order valence-corrected chi connectivity index (χ3v) is 2.56. The molecule has 0 aliphatic rings. The SMILES string of the molecule is CCc1nn(CC)c(C[B-](F)(F)F)c1Cl.[K+]. The molecule has 0 amide bonds. The van der Waals surface area contributed by atoms with Crippen molar-refractivity contribution >= 4 is 18.6 Å². The Kier molecular flexibility index (Phi) is 7.22. The van der Waals surface area contributed by atoms with Crippen LogP contribution in [0.3, 0.4) is 0 Å². The van der Waals surface area contributed by atoms with Gasteiger partial charge < -0.3 is 12.9 Å². The van der Waals surface area contributed by atoms with Crippen LogP contribution < -0.4 is 51.4 Å². The minimum atomic E-state index is -4.87. The van der Waals surface area contributed by atoms with Gasteiger partial charge in [0.15, 0.2) is 0 Å². The Balaban J connectivity index is 0.00000225. The van der Waals surface area contributed by atoms with Crippen molar-refractivity contribution in [2.45, 2.75) is 33.1 Å². The van der Waals surface area contributed by atoms with Crippen LogP contribution >= 0.6 is 11.6 Å². The molecule has 0 N–H and O–H groups in total. The maximum atomic E-state index is 12.3. The van der Waals surface area contributed by atoms with Crippen molar-refractivity contribution in [3.05, 3.63) is 16.4 Å². The summed E-state index contributed by atoms with van der Waals surface area (Å²) in [6.45, 7) is -0.901. The Hall–Kier alpha value is 0.991. The standard InChI is InChI=1S/C8H12BClF3N2.K/c1-3-6-8(10)7(5-9(11,12)13)15(4-2)14-6;/h3-5H2,1-2H3;/q-1;+1. The first-order valence-corrected chi connectivity index (χ1v) is 5.21. The molecule has 86 valence electrons. The van der Waals surface area contributed by atoms with Crippen LogP contribution in [-0.4, -0.2) is 16.8 Å². The second-order valence-corrected chi connectivity index (χ2v) is 3.67. The topological polar surface area (TPSA) is 17.8 Å². The van der Waals surface area contributed by atoms with Gasteiger partial charge in [0.05, 0.1) is 10.7 Å². The molecule has 0 bridgehead atoms. The van der Waals surface area contributed by atoms with E-state index in [1.165, 1.54) is 4.68 Å². The van der Waals surface area contributed by atoms with E-state index < -0.39 is 13.3 Å². The molecular weight excluding hydrogens is 266 g/mol. The maximum absolute atomic E-state index is 12.3. The molecule has 0 aromatic carbocycles. The molecule has 1 rings (SSSR count). The van der Waals surface area contributed by atoms with Crippen LogP contribution in [0.2, 0.25) is 5.02 Å². The first-order chi connectivity index (χ1) is 6.89. The molecule has 1 aromatic rings. The van der Waals surface area contributed by atoms with Crippen LogP contribution in [0.5, 0.6) is 0 Å². The van der Waals surface area contributed by atoms with Crippen molar-refractivity contribution in [2.75, 3.05) is 0 Å². The summed E-state index contributed by atoms with van der Waals surface area (Å²) in [5.74, 6) is 0. The third kappa shape index (κ3) is 4.34. The van der Waals surface area contributed by atoms with Crippen molar-refractivity contribution in [1.29, 1.82) is 0 Å². The van der Waals surface area contributed by atoms with Gasteiger partial charge in [-0.05, 0) is 19.7 Å². The number of hydrogen-bond acceptors (Lipinski definition) is 1. The van der Waals surface area contributed by atoms with Crippen LogP contribution in [0.25, 0.3) is 0 Å². The minimum absolute atomic E-state index is 0. The van der Waals surface area contributed by atoms with E-state index in [0.29, 0.717) is 18.7 Å². The van der Waals surface area contributed by atoms with Crippen molar-refractivity contribution in [3.8, 4) is 0 Å². The van der Waals surface area contributed by atoms with Gasteiger partial charge in [-0.3, -0.25) is 4.68 Å². The van der Waals surface area contributed by atoms with Crippen molar-refractivity contribution < 1.29 is 64.3 Å². The molecule has 0 spiro atoms. The molecule has 0 fully saturated rings. The fraction of sp³-hybridized carbons (Fsp3) is 0.625. The monoisotopic (exact) mass is 278 g/mol. The van der Waals surface area contributed by atoms with Gasteiger partial charge in [-0.1, -0.05) is 18.5 Å². The summed E-state index contributed by atoms with van der Waals surface area (Å²) >= 11 is 5.84. The third-order valence-electron chi connectivity index (χ3n) is 2.12. The summed E-state index contributed by atoms with van der Waals surface area (Å²) in [6, 6.07) is 0. The summed E-state index contributed by atoms with van der Waals surface area (Å²) in [5, 5.41) is 4.19. The Morgan fingerprint density at radius 2 is 1.88 bits per heavy atom. The number of nitrogens with zero attached hydrogens (tertiary/aromatic N) is 2. The van der Waals surface area contributed by atoms with Gasteiger partial charge in [0, 0.05) is 12.2 Å². The van der Waals surface area contributed by atoms with E-state index in [2.05, 4.69) is 5.10 Å². The predicted molar refractivity (Wildman–Crippen MR) is 55.1 cm³/mol. The van der Waals surface area contributed by atoms with Gasteiger partial charge in [-0.15, -0.1) is 0 Å². The molecule has 0 aliphatic heterocycles. The quantitative estimate of drug-likeness (QED) is 0.712. The average molecular weight is 279 g/mol. The van der Waals surface area contributed by atoms with E-state index in [0.717, 1.165) is 0 Å². The van der Waals surface area contributed by atoms with Gasteiger partial charge >= 0.3 is 58.4 Å². The van der Waals surface area contributed by atoms with E-state index in [9.17, 15) is 12.9 Å². The Morgan fingerprint density at radius 1 is 1.31 bits per heavy atom. The molecule has 16 heavy (non-hydrogen) atoms. The molecule has 0 unspecified atom stereocenters. The van der Waals surface area contributed by atoms with E-state index in [-0.39, 0.29) is 62.1 Å². The second-order valence-electron chi connectivity index (χ2n) is 3.29. The number of halogens is 4. The molecule has 0 atom stereocenters. The second kappa shape index (κ2) is 6.80. The fourth-order valence-electron chi connectivity index (χ4n) is 1.43. The van der Waals surface area contributed by atoms with Crippen LogP contribution in [0.1, 0.15) is 25.2 Å². The van der Waals surface area contributed by atoms with Gasteiger partial charge in [-0.2, -0.15) is 5.10 Å².